The van der Waals surface area contributed by atoms with Crippen molar-refractivity contribution in [1.82, 2.24) is 10.6 Å². The molecule has 2 rings (SSSR count). The number of carbonyl (C=O) groups excluding carboxylic acids is 1. The molecule has 0 saturated carbocycles. The molecule has 2 atom stereocenters. The minimum Gasteiger partial charge on any atom is -0.348 e. The van der Waals surface area contributed by atoms with Gasteiger partial charge in [0.25, 0.3) is 5.91 Å². The highest BCUT2D eigenvalue weighted by molar-refractivity contribution is 5.95. The average molecular weight is 286 g/mol. The van der Waals surface area contributed by atoms with Crippen LogP contribution in [0.2, 0.25) is 0 Å². The molecule has 1 saturated heterocycles. The number of piperidine rings is 1. The van der Waals surface area contributed by atoms with Crippen LogP contribution >= 0.6 is 0 Å². The molecule has 0 aromatic heterocycles. The van der Waals surface area contributed by atoms with Crippen molar-refractivity contribution in [1.29, 1.82) is 0 Å². The average Bonchev–Trinajstić information content (AvgIpc) is 2.38. The molecule has 0 radical (unpaired) electrons. The monoisotopic (exact) mass is 286 g/mol. The van der Waals surface area contributed by atoms with Gasteiger partial charge in [-0.15, -0.1) is 0 Å². The normalized spacial score (nSPS) is 23.4. The lowest BCUT2D eigenvalue weighted by atomic mass is 9.99. The Morgan fingerprint density at radius 1 is 1.30 bits per heavy atom. The van der Waals surface area contributed by atoms with E-state index in [0.29, 0.717) is 12.0 Å². The van der Waals surface area contributed by atoms with Crippen molar-refractivity contribution in [2.75, 3.05) is 6.54 Å². The Morgan fingerprint density at radius 3 is 2.55 bits per heavy atom. The van der Waals surface area contributed by atoms with Crippen molar-refractivity contribution in [2.24, 2.45) is 0 Å². The van der Waals surface area contributed by atoms with Crippen molar-refractivity contribution in [3.05, 3.63) is 35.4 Å². The quantitative estimate of drug-likeness (QED) is 0.876. The lowest BCUT2D eigenvalue weighted by Gasteiger charge is -2.31. The maximum Gasteiger partial charge on any atom is 0.403 e. The van der Waals surface area contributed by atoms with Crippen molar-refractivity contribution in [3.8, 4) is 0 Å². The van der Waals surface area contributed by atoms with Crippen LogP contribution in [0.1, 0.15) is 28.8 Å². The summed E-state index contributed by atoms with van der Waals surface area (Å²) in [6.45, 7) is 1.97. The van der Waals surface area contributed by atoms with Gasteiger partial charge in [-0.05, 0) is 31.4 Å². The van der Waals surface area contributed by atoms with Crippen molar-refractivity contribution in [3.63, 3.8) is 0 Å². The molecule has 0 spiro atoms. The Kier molecular flexibility index (Phi) is 4.32. The largest absolute Gasteiger partial charge is 0.403 e. The van der Waals surface area contributed by atoms with Gasteiger partial charge < -0.3 is 10.6 Å². The lowest BCUT2D eigenvalue weighted by Crippen LogP contribution is -2.54. The van der Waals surface area contributed by atoms with Crippen LogP contribution in [0.5, 0.6) is 0 Å². The summed E-state index contributed by atoms with van der Waals surface area (Å²) in [5.74, 6) is -0.236. The third-order valence-corrected chi connectivity index (χ3v) is 3.53. The number of rotatable bonds is 2. The third kappa shape index (κ3) is 3.50. The van der Waals surface area contributed by atoms with Gasteiger partial charge in [-0.3, -0.25) is 4.79 Å². The van der Waals surface area contributed by atoms with Crippen LogP contribution in [-0.2, 0) is 0 Å². The van der Waals surface area contributed by atoms with Crippen molar-refractivity contribution < 1.29 is 18.0 Å². The molecule has 3 nitrogen and oxygen atoms in total. The number of hydrogen-bond acceptors (Lipinski definition) is 2. The first-order chi connectivity index (χ1) is 9.38. The molecule has 0 aliphatic carbocycles. The van der Waals surface area contributed by atoms with Crippen LogP contribution in [0, 0.1) is 6.92 Å². The van der Waals surface area contributed by atoms with E-state index in [1.807, 2.05) is 19.1 Å². The summed E-state index contributed by atoms with van der Waals surface area (Å²) < 4.78 is 37.5. The highest BCUT2D eigenvalue weighted by Crippen LogP contribution is 2.26. The zero-order valence-corrected chi connectivity index (χ0v) is 11.1. The van der Waals surface area contributed by atoms with Gasteiger partial charge in [0.05, 0.1) is 0 Å². The maximum absolute atomic E-state index is 12.5. The number of alkyl halides is 3. The standard InChI is InChI=1S/C14H17F3N2O/c1-9-4-2-3-5-11(9)13(20)19-10-6-7-12(18-8-10)14(15,16)17/h2-5,10,12,18H,6-8H2,1H3,(H,19,20). The molecule has 6 heteroatoms. The predicted molar refractivity (Wildman–Crippen MR) is 69.5 cm³/mol. The second-order valence-corrected chi connectivity index (χ2v) is 5.07. The Morgan fingerprint density at radius 2 is 2.00 bits per heavy atom. The van der Waals surface area contributed by atoms with Crippen LogP contribution in [0.4, 0.5) is 13.2 Å². The molecular formula is C14H17F3N2O. The number of carbonyl (C=O) groups is 1. The van der Waals surface area contributed by atoms with Gasteiger partial charge in [0.1, 0.15) is 6.04 Å². The molecule has 20 heavy (non-hydrogen) atoms. The summed E-state index contributed by atoms with van der Waals surface area (Å²) in [5, 5.41) is 5.22. The molecule has 1 aliphatic rings. The summed E-state index contributed by atoms with van der Waals surface area (Å²) in [7, 11) is 0. The second kappa shape index (κ2) is 5.83. The molecule has 1 aliphatic heterocycles. The molecule has 2 unspecified atom stereocenters. The number of hydrogen-bond donors (Lipinski definition) is 2. The Labute approximate surface area is 115 Å². The van der Waals surface area contributed by atoms with E-state index in [2.05, 4.69) is 10.6 Å². The van der Waals surface area contributed by atoms with Crippen LogP contribution in [0.3, 0.4) is 0 Å². The van der Waals surface area contributed by atoms with Crippen LogP contribution in [0.15, 0.2) is 24.3 Å². The fourth-order valence-electron chi connectivity index (χ4n) is 2.35. The van der Waals surface area contributed by atoms with E-state index >= 15 is 0 Å². The van der Waals surface area contributed by atoms with Crippen molar-refractivity contribution in [2.45, 2.75) is 38.0 Å². The first-order valence-electron chi connectivity index (χ1n) is 6.54. The van der Waals surface area contributed by atoms with Gasteiger partial charge in [-0.25, -0.2) is 0 Å². The van der Waals surface area contributed by atoms with Gasteiger partial charge in [-0.1, -0.05) is 18.2 Å². The van der Waals surface area contributed by atoms with Gasteiger partial charge in [0, 0.05) is 18.2 Å². The molecule has 1 amide bonds. The summed E-state index contributed by atoms with van der Waals surface area (Å²) in [4.78, 5) is 12.1. The molecule has 110 valence electrons. The van der Waals surface area contributed by atoms with E-state index in [-0.39, 0.29) is 24.9 Å². The first kappa shape index (κ1) is 14.8. The Balaban J connectivity index is 1.90. The summed E-state index contributed by atoms with van der Waals surface area (Å²) in [6.07, 6.45) is -3.90. The number of benzene rings is 1. The van der Waals surface area contributed by atoms with Crippen LogP contribution < -0.4 is 10.6 Å². The molecule has 1 aromatic rings. The van der Waals surface area contributed by atoms with E-state index < -0.39 is 12.2 Å². The van der Waals surface area contributed by atoms with E-state index in [1.165, 1.54) is 0 Å². The lowest BCUT2D eigenvalue weighted by molar-refractivity contribution is -0.160. The molecule has 2 N–H and O–H groups in total. The minimum absolute atomic E-state index is 0.0117. The number of nitrogens with one attached hydrogen (secondary N) is 2. The predicted octanol–water partition coefficient (Wildman–Crippen LogP) is 2.41. The smallest absolute Gasteiger partial charge is 0.348 e. The Hall–Kier alpha value is -1.56. The highest BCUT2D eigenvalue weighted by Gasteiger charge is 2.41. The third-order valence-electron chi connectivity index (χ3n) is 3.53. The van der Waals surface area contributed by atoms with E-state index in [0.717, 1.165) is 5.56 Å². The first-order valence-corrected chi connectivity index (χ1v) is 6.54. The van der Waals surface area contributed by atoms with Gasteiger partial charge in [0.15, 0.2) is 0 Å². The van der Waals surface area contributed by atoms with E-state index in [1.54, 1.807) is 12.1 Å². The molecular weight excluding hydrogens is 269 g/mol. The fraction of sp³-hybridized carbons (Fsp3) is 0.500. The van der Waals surface area contributed by atoms with Crippen LogP contribution in [-0.4, -0.2) is 30.7 Å². The number of amides is 1. The topological polar surface area (TPSA) is 41.1 Å². The van der Waals surface area contributed by atoms with E-state index in [9.17, 15) is 18.0 Å². The van der Waals surface area contributed by atoms with Gasteiger partial charge in [-0.2, -0.15) is 13.2 Å². The zero-order valence-electron chi connectivity index (χ0n) is 11.1. The maximum atomic E-state index is 12.5. The SMILES string of the molecule is Cc1ccccc1C(=O)NC1CCC(C(F)(F)F)NC1. The summed E-state index contributed by atoms with van der Waals surface area (Å²) >= 11 is 0. The van der Waals surface area contributed by atoms with Crippen LogP contribution in [0.25, 0.3) is 0 Å². The summed E-state index contributed by atoms with van der Waals surface area (Å²) in [6, 6.07) is 5.41. The van der Waals surface area contributed by atoms with Crippen molar-refractivity contribution >= 4 is 5.91 Å². The molecule has 1 aromatic carbocycles. The van der Waals surface area contributed by atoms with Gasteiger partial charge >= 0.3 is 6.18 Å². The highest BCUT2D eigenvalue weighted by atomic mass is 19.4. The molecule has 0 bridgehead atoms. The second-order valence-electron chi connectivity index (χ2n) is 5.07. The number of halogens is 3. The Bertz CT molecular complexity index is 480. The summed E-state index contributed by atoms with van der Waals surface area (Å²) in [5.41, 5.74) is 1.41. The fourth-order valence-corrected chi connectivity index (χ4v) is 2.35. The molecule has 1 fully saturated rings. The van der Waals surface area contributed by atoms with Gasteiger partial charge in [0.2, 0.25) is 0 Å². The van der Waals surface area contributed by atoms with E-state index in [4.69, 9.17) is 0 Å². The number of aryl methyl sites for hydroxylation is 1. The molecule has 1 heterocycles. The zero-order chi connectivity index (χ0) is 14.8. The minimum atomic E-state index is -4.22.